The van der Waals surface area contributed by atoms with E-state index >= 15 is 0 Å². The van der Waals surface area contributed by atoms with Crippen LogP contribution in [0.2, 0.25) is 0 Å². The largest absolute Gasteiger partial charge is 0.493 e. The first-order chi connectivity index (χ1) is 13.5. The van der Waals surface area contributed by atoms with Crippen LogP contribution in [0.1, 0.15) is 30.0 Å². The van der Waals surface area contributed by atoms with E-state index in [1.165, 1.54) is 5.56 Å². The molecule has 2 aromatic carbocycles. The predicted octanol–water partition coefficient (Wildman–Crippen LogP) is 3.20. The minimum atomic E-state index is 0.148. The van der Waals surface area contributed by atoms with E-state index in [1.54, 1.807) is 14.2 Å². The van der Waals surface area contributed by atoms with Crippen molar-refractivity contribution in [3.05, 3.63) is 47.0 Å². The summed E-state index contributed by atoms with van der Waals surface area (Å²) >= 11 is 0. The first kappa shape index (κ1) is 19.9. The van der Waals surface area contributed by atoms with E-state index in [9.17, 15) is 4.79 Å². The van der Waals surface area contributed by atoms with E-state index in [1.807, 2.05) is 42.2 Å². The number of amides is 1. The molecule has 2 N–H and O–H groups in total. The third-order valence-corrected chi connectivity index (χ3v) is 5.08. The minimum absolute atomic E-state index is 0.148. The van der Waals surface area contributed by atoms with Gasteiger partial charge in [-0.3, -0.25) is 4.79 Å². The zero-order valence-electron chi connectivity index (χ0n) is 16.8. The van der Waals surface area contributed by atoms with Gasteiger partial charge in [-0.1, -0.05) is 6.07 Å². The molecular formula is C22H28N2O4. The third-order valence-electron chi connectivity index (χ3n) is 5.08. The van der Waals surface area contributed by atoms with Gasteiger partial charge in [0.25, 0.3) is 0 Å². The van der Waals surface area contributed by atoms with Gasteiger partial charge in [0.05, 0.1) is 26.5 Å². The van der Waals surface area contributed by atoms with Crippen LogP contribution in [0.25, 0.3) is 0 Å². The number of hydrogen-bond donors (Lipinski definition) is 1. The molecule has 0 aliphatic carbocycles. The molecule has 1 heterocycles. The number of nitrogen functional groups attached to an aromatic ring is 1. The lowest BCUT2D eigenvalue weighted by Gasteiger charge is -2.29. The Morgan fingerprint density at radius 2 is 1.79 bits per heavy atom. The molecule has 2 aromatic rings. The minimum Gasteiger partial charge on any atom is -0.493 e. The Balaban J connectivity index is 1.64. The molecule has 28 heavy (non-hydrogen) atoms. The van der Waals surface area contributed by atoms with Crippen LogP contribution in [-0.4, -0.2) is 38.2 Å². The topological polar surface area (TPSA) is 74.0 Å². The number of hydrogen-bond acceptors (Lipinski definition) is 5. The van der Waals surface area contributed by atoms with Crippen molar-refractivity contribution in [2.45, 2.75) is 32.7 Å². The summed E-state index contributed by atoms with van der Waals surface area (Å²) in [4.78, 5) is 14.7. The van der Waals surface area contributed by atoms with Crippen LogP contribution in [-0.2, 0) is 24.2 Å². The number of rotatable bonds is 7. The zero-order chi connectivity index (χ0) is 20.1. The molecule has 3 rings (SSSR count). The van der Waals surface area contributed by atoms with Crippen LogP contribution in [0, 0.1) is 0 Å². The fourth-order valence-corrected chi connectivity index (χ4v) is 3.52. The maximum absolute atomic E-state index is 12.8. The van der Waals surface area contributed by atoms with E-state index in [0.29, 0.717) is 49.7 Å². The van der Waals surface area contributed by atoms with Gasteiger partial charge in [-0.25, -0.2) is 0 Å². The number of ether oxygens (including phenoxy) is 3. The van der Waals surface area contributed by atoms with Gasteiger partial charge >= 0.3 is 0 Å². The van der Waals surface area contributed by atoms with Crippen LogP contribution in [0.4, 0.5) is 5.69 Å². The first-order valence-electron chi connectivity index (χ1n) is 9.58. The number of methoxy groups -OCH3 is 2. The molecule has 1 aliphatic heterocycles. The summed E-state index contributed by atoms with van der Waals surface area (Å²) in [5.41, 5.74) is 9.91. The number of anilines is 1. The molecule has 0 aromatic heterocycles. The Kier molecular flexibility index (Phi) is 6.29. The van der Waals surface area contributed by atoms with Crippen molar-refractivity contribution in [3.63, 3.8) is 0 Å². The van der Waals surface area contributed by atoms with E-state index in [0.717, 1.165) is 23.3 Å². The van der Waals surface area contributed by atoms with E-state index in [2.05, 4.69) is 0 Å². The number of carbonyl (C=O) groups excluding carboxylic acids is 1. The van der Waals surface area contributed by atoms with E-state index in [-0.39, 0.29) is 5.91 Å². The summed E-state index contributed by atoms with van der Waals surface area (Å²) in [6.45, 7) is 3.80. The molecule has 0 fully saturated rings. The quantitative estimate of drug-likeness (QED) is 0.742. The highest BCUT2D eigenvalue weighted by Crippen LogP contribution is 2.33. The van der Waals surface area contributed by atoms with Gasteiger partial charge in [-0.15, -0.1) is 0 Å². The Hall–Kier alpha value is -2.89. The zero-order valence-corrected chi connectivity index (χ0v) is 16.8. The number of nitrogens with zero attached hydrogens (tertiary/aromatic N) is 1. The fraction of sp³-hybridized carbons (Fsp3) is 0.409. The molecule has 6 heteroatoms. The van der Waals surface area contributed by atoms with Gasteiger partial charge in [-0.05, 0) is 60.7 Å². The molecule has 1 aliphatic rings. The normalized spacial score (nSPS) is 13.0. The highest BCUT2D eigenvalue weighted by atomic mass is 16.5. The van der Waals surface area contributed by atoms with Crippen LogP contribution >= 0.6 is 0 Å². The molecule has 0 saturated heterocycles. The van der Waals surface area contributed by atoms with Gasteiger partial charge in [-0.2, -0.15) is 0 Å². The fourth-order valence-electron chi connectivity index (χ4n) is 3.52. The van der Waals surface area contributed by atoms with Gasteiger partial charge in [0.2, 0.25) is 5.91 Å². The lowest BCUT2D eigenvalue weighted by Crippen LogP contribution is -2.36. The molecule has 0 spiro atoms. The molecule has 1 amide bonds. The van der Waals surface area contributed by atoms with E-state index < -0.39 is 0 Å². The molecule has 0 unspecified atom stereocenters. The number of aryl methyl sites for hydroxylation is 1. The Morgan fingerprint density at radius 1 is 1.07 bits per heavy atom. The Labute approximate surface area is 166 Å². The van der Waals surface area contributed by atoms with E-state index in [4.69, 9.17) is 19.9 Å². The second kappa shape index (κ2) is 8.87. The lowest BCUT2D eigenvalue weighted by atomic mass is 9.98. The summed E-state index contributed by atoms with van der Waals surface area (Å²) in [7, 11) is 3.26. The Bertz CT molecular complexity index is 851. The summed E-state index contributed by atoms with van der Waals surface area (Å²) in [6, 6.07) is 9.70. The molecule has 6 nitrogen and oxygen atoms in total. The number of benzene rings is 2. The van der Waals surface area contributed by atoms with Gasteiger partial charge in [0, 0.05) is 19.5 Å². The number of fused-ring (bicyclic) bond motifs is 1. The predicted molar refractivity (Wildman–Crippen MR) is 109 cm³/mol. The van der Waals surface area contributed by atoms with Gasteiger partial charge in [0.1, 0.15) is 5.75 Å². The standard InChI is InChI=1S/C22H28N2O4/c1-4-28-19-11-15(5-7-18(19)23)6-8-22(25)24-10-9-16-12-20(26-2)21(27-3)13-17(16)14-24/h5,7,11-13H,4,6,8-10,14,23H2,1-3H3. The highest BCUT2D eigenvalue weighted by molar-refractivity contribution is 5.77. The average Bonchev–Trinajstić information content (AvgIpc) is 2.72. The van der Waals surface area contributed by atoms with Crippen LogP contribution < -0.4 is 19.9 Å². The van der Waals surface area contributed by atoms with Crippen LogP contribution in [0.3, 0.4) is 0 Å². The summed E-state index contributed by atoms with van der Waals surface area (Å²) in [5, 5.41) is 0. The number of carbonyl (C=O) groups is 1. The molecule has 0 atom stereocenters. The Morgan fingerprint density at radius 3 is 2.46 bits per heavy atom. The van der Waals surface area contributed by atoms with Gasteiger partial charge < -0.3 is 24.8 Å². The smallest absolute Gasteiger partial charge is 0.223 e. The summed E-state index contributed by atoms with van der Waals surface area (Å²) in [5.74, 6) is 2.26. The summed E-state index contributed by atoms with van der Waals surface area (Å²) in [6.07, 6.45) is 1.93. The molecule has 0 radical (unpaired) electrons. The second-order valence-corrected chi connectivity index (χ2v) is 6.85. The number of nitrogens with two attached hydrogens (primary N) is 1. The maximum Gasteiger partial charge on any atom is 0.223 e. The van der Waals surface area contributed by atoms with Crippen LogP contribution in [0.5, 0.6) is 17.2 Å². The van der Waals surface area contributed by atoms with Crippen molar-refractivity contribution in [1.82, 2.24) is 4.90 Å². The monoisotopic (exact) mass is 384 g/mol. The molecular weight excluding hydrogens is 356 g/mol. The first-order valence-corrected chi connectivity index (χ1v) is 9.58. The third kappa shape index (κ3) is 4.32. The maximum atomic E-state index is 12.8. The van der Waals surface area contributed by atoms with Crippen molar-refractivity contribution in [2.75, 3.05) is 33.1 Å². The highest BCUT2D eigenvalue weighted by Gasteiger charge is 2.22. The molecule has 0 bridgehead atoms. The van der Waals surface area contributed by atoms with Gasteiger partial charge in [0.15, 0.2) is 11.5 Å². The molecule has 0 saturated carbocycles. The molecule has 150 valence electrons. The lowest BCUT2D eigenvalue weighted by molar-refractivity contribution is -0.132. The van der Waals surface area contributed by atoms with Crippen molar-refractivity contribution >= 4 is 11.6 Å². The SMILES string of the molecule is CCOc1cc(CCC(=O)N2CCc3cc(OC)c(OC)cc3C2)ccc1N. The van der Waals surface area contributed by atoms with Crippen molar-refractivity contribution in [1.29, 1.82) is 0 Å². The van der Waals surface area contributed by atoms with Crippen molar-refractivity contribution in [2.24, 2.45) is 0 Å². The van der Waals surface area contributed by atoms with Crippen LogP contribution in [0.15, 0.2) is 30.3 Å². The second-order valence-electron chi connectivity index (χ2n) is 6.85. The average molecular weight is 384 g/mol. The van der Waals surface area contributed by atoms with Crippen molar-refractivity contribution < 1.29 is 19.0 Å². The summed E-state index contributed by atoms with van der Waals surface area (Å²) < 4.78 is 16.3. The van der Waals surface area contributed by atoms with Crippen molar-refractivity contribution in [3.8, 4) is 17.2 Å².